The lowest BCUT2D eigenvalue weighted by molar-refractivity contribution is -0.119. The molecule has 0 saturated carbocycles. The smallest absolute Gasteiger partial charge is 0.414 e. The largest absolute Gasteiger partial charge is 0.452 e. The molecule has 1 aliphatic rings. The predicted octanol–water partition coefficient (Wildman–Crippen LogP) is 4.17. The van der Waals surface area contributed by atoms with Gasteiger partial charge >= 0.3 is 6.09 Å². The van der Waals surface area contributed by atoms with Gasteiger partial charge in [-0.3, -0.25) is 14.5 Å². The van der Waals surface area contributed by atoms with Crippen LogP contribution in [0.2, 0.25) is 0 Å². The van der Waals surface area contributed by atoms with Crippen LogP contribution in [0.15, 0.2) is 102 Å². The van der Waals surface area contributed by atoms with E-state index in [4.69, 9.17) is 15.2 Å². The molecule has 3 atom stereocenters. The molecule has 3 heterocycles. The number of hydrogen-bond acceptors (Lipinski definition) is 7. The summed E-state index contributed by atoms with van der Waals surface area (Å²) in [5.41, 5.74) is 10.3. The second-order valence-corrected chi connectivity index (χ2v) is 11.3. The molecule has 5 N–H and O–H groups in total. The topological polar surface area (TPSA) is 155 Å². The number of aryl methyl sites for hydroxylation is 1. The third-order valence-electron chi connectivity index (χ3n) is 8.37. The number of H-pyrrole nitrogens is 2. The number of para-hydroxylation sites is 1. The van der Waals surface area contributed by atoms with Crippen LogP contribution in [-0.4, -0.2) is 59.4 Å². The van der Waals surface area contributed by atoms with Gasteiger partial charge in [-0.1, -0.05) is 78.9 Å². The first-order valence-electron chi connectivity index (χ1n) is 15.2. The number of ether oxygens (including phenoxy) is 2. The van der Waals surface area contributed by atoms with Gasteiger partial charge in [-0.15, -0.1) is 0 Å². The molecule has 6 rings (SSSR count). The molecule has 0 spiro atoms. The molecule has 0 radical (unpaired) electrons. The van der Waals surface area contributed by atoms with Gasteiger partial charge in [0.25, 0.3) is 0 Å². The van der Waals surface area contributed by atoms with Crippen molar-refractivity contribution in [3.8, 4) is 0 Å². The number of nitrogens with two attached hydrogens (primary N) is 1. The zero-order chi connectivity index (χ0) is 32.0. The minimum Gasteiger partial charge on any atom is -0.452 e. The van der Waals surface area contributed by atoms with Gasteiger partial charge in [0.05, 0.1) is 37.1 Å². The lowest BCUT2D eigenvalue weighted by Crippen LogP contribution is -2.52. The Kier molecular flexibility index (Phi) is 9.23. The summed E-state index contributed by atoms with van der Waals surface area (Å²) in [7, 11) is 1.30. The highest BCUT2D eigenvalue weighted by Gasteiger charge is 2.39. The van der Waals surface area contributed by atoms with Gasteiger partial charge in [0.1, 0.15) is 11.9 Å². The van der Waals surface area contributed by atoms with Gasteiger partial charge in [-0.25, -0.2) is 9.78 Å². The summed E-state index contributed by atoms with van der Waals surface area (Å²) < 4.78 is 11.5. The van der Waals surface area contributed by atoms with Crippen LogP contribution in [-0.2, 0) is 20.7 Å². The highest BCUT2D eigenvalue weighted by atomic mass is 16.5. The first-order chi connectivity index (χ1) is 22.4. The lowest BCUT2D eigenvalue weighted by Gasteiger charge is -2.36. The number of carbonyl (C=O) groups excluding carboxylic acids is 2. The fraction of sp³-hybridized carbons (Fsp3) is 0.257. The Balaban J connectivity index is 1.24. The molecule has 11 heteroatoms. The van der Waals surface area contributed by atoms with Crippen LogP contribution in [0.25, 0.3) is 11.2 Å². The van der Waals surface area contributed by atoms with E-state index < -0.39 is 24.0 Å². The second-order valence-electron chi connectivity index (χ2n) is 11.3. The molecule has 0 bridgehead atoms. The zero-order valence-corrected chi connectivity index (χ0v) is 25.4. The third kappa shape index (κ3) is 6.56. The van der Waals surface area contributed by atoms with Crippen LogP contribution in [0.1, 0.15) is 40.9 Å². The number of hydrogen-bond donors (Lipinski definition) is 4. The number of amides is 2. The van der Waals surface area contributed by atoms with Crippen LogP contribution in [0.3, 0.4) is 0 Å². The van der Waals surface area contributed by atoms with Gasteiger partial charge in [-0.2, -0.15) is 0 Å². The predicted molar refractivity (Wildman–Crippen MR) is 175 cm³/mol. The maximum absolute atomic E-state index is 13.6. The van der Waals surface area contributed by atoms with Crippen molar-refractivity contribution >= 4 is 28.9 Å². The SMILES string of the molecule is COC(=O)N(c1ccccc1CC[C@@H]1CN[C@H](c2nc3[nH]c(=O)ccc3[nH]2)CO1)[C@H](C(N)=O)C(c1ccccc1)c1ccccc1. The maximum Gasteiger partial charge on any atom is 0.414 e. The number of aromatic nitrogens is 3. The number of carbonyl (C=O) groups is 2. The van der Waals surface area contributed by atoms with Crippen LogP contribution in [0.5, 0.6) is 0 Å². The molecule has 2 aromatic heterocycles. The van der Waals surface area contributed by atoms with E-state index in [1.165, 1.54) is 18.1 Å². The molecule has 11 nitrogen and oxygen atoms in total. The molecule has 2 amide bonds. The van der Waals surface area contributed by atoms with Crippen molar-refractivity contribution in [2.75, 3.05) is 25.2 Å². The number of primary amides is 1. The molecule has 236 valence electrons. The van der Waals surface area contributed by atoms with Crippen molar-refractivity contribution in [3.63, 3.8) is 0 Å². The maximum atomic E-state index is 13.6. The lowest BCUT2D eigenvalue weighted by atomic mass is 9.83. The van der Waals surface area contributed by atoms with Crippen molar-refractivity contribution in [2.24, 2.45) is 5.73 Å². The van der Waals surface area contributed by atoms with E-state index in [0.717, 1.165) is 22.2 Å². The molecular formula is C35H36N6O5. The Hall–Kier alpha value is -5.26. The first-order valence-corrected chi connectivity index (χ1v) is 15.2. The minimum atomic E-state index is -1.08. The van der Waals surface area contributed by atoms with E-state index in [1.807, 2.05) is 84.9 Å². The average molecular weight is 621 g/mol. The van der Waals surface area contributed by atoms with Gasteiger partial charge in [0.2, 0.25) is 11.5 Å². The van der Waals surface area contributed by atoms with Crippen LogP contribution in [0.4, 0.5) is 10.5 Å². The molecule has 0 unspecified atom stereocenters. The molecule has 5 aromatic rings. The molecule has 0 aliphatic carbocycles. The molecule has 1 fully saturated rings. The molecular weight excluding hydrogens is 584 g/mol. The molecule has 1 saturated heterocycles. The average Bonchev–Trinajstić information content (AvgIpc) is 3.51. The summed E-state index contributed by atoms with van der Waals surface area (Å²) in [6.07, 6.45) is 0.438. The van der Waals surface area contributed by atoms with E-state index in [1.54, 1.807) is 6.07 Å². The van der Waals surface area contributed by atoms with Crippen molar-refractivity contribution in [3.05, 3.63) is 130 Å². The number of nitrogens with zero attached hydrogens (tertiary/aromatic N) is 2. The number of imidazole rings is 1. The fourth-order valence-electron chi connectivity index (χ4n) is 6.14. The number of pyridine rings is 1. The zero-order valence-electron chi connectivity index (χ0n) is 25.4. The van der Waals surface area contributed by atoms with Gasteiger partial charge in [0.15, 0.2) is 5.65 Å². The summed E-state index contributed by atoms with van der Waals surface area (Å²) in [5.74, 6) is -0.511. The number of fused-ring (bicyclic) bond motifs is 1. The quantitative estimate of drug-likeness (QED) is 0.183. The van der Waals surface area contributed by atoms with Gasteiger partial charge < -0.3 is 30.5 Å². The highest BCUT2D eigenvalue weighted by Crippen LogP contribution is 2.36. The Morgan fingerprint density at radius 3 is 2.26 bits per heavy atom. The number of morpholine rings is 1. The number of anilines is 1. The van der Waals surface area contributed by atoms with Crippen LogP contribution in [0, 0.1) is 0 Å². The standard InChI is InChI=1S/C35H36N6O5/c1-45-35(44)41(31(32(36)43)30(23-11-4-2-5-12-23)24-13-6-3-7-14-24)28-15-9-8-10-22(28)16-17-25-20-37-27(21-46-25)34-38-26-18-19-29(42)39-33(26)40-34/h2-15,18-19,25,27,30-31,37H,16-17,20-21H2,1H3,(H2,36,43)(H2,38,39,40,42)/t25-,27+,31+/m1/s1. The van der Waals surface area contributed by atoms with Crippen LogP contribution >= 0.6 is 0 Å². The van der Waals surface area contributed by atoms with E-state index in [-0.39, 0.29) is 17.7 Å². The first kappa shape index (κ1) is 30.8. The Bertz CT molecular complexity index is 1810. The summed E-state index contributed by atoms with van der Waals surface area (Å²) in [6.45, 7) is 0.972. The van der Waals surface area contributed by atoms with Crippen molar-refractivity contribution < 1.29 is 19.1 Å². The van der Waals surface area contributed by atoms with Crippen LogP contribution < -0.4 is 21.5 Å². The van der Waals surface area contributed by atoms with Crippen molar-refractivity contribution in [1.29, 1.82) is 0 Å². The summed E-state index contributed by atoms with van der Waals surface area (Å²) >= 11 is 0. The second kappa shape index (κ2) is 13.8. The Morgan fingerprint density at radius 1 is 0.957 bits per heavy atom. The number of rotatable bonds is 10. The molecule has 3 aromatic carbocycles. The number of methoxy groups -OCH3 is 1. The Morgan fingerprint density at radius 2 is 1.63 bits per heavy atom. The van der Waals surface area contributed by atoms with Gasteiger partial charge in [0, 0.05) is 18.5 Å². The monoisotopic (exact) mass is 620 g/mol. The fourth-order valence-corrected chi connectivity index (χ4v) is 6.14. The van der Waals surface area contributed by atoms with E-state index in [2.05, 4.69) is 20.3 Å². The van der Waals surface area contributed by atoms with Crippen molar-refractivity contribution in [1.82, 2.24) is 20.3 Å². The van der Waals surface area contributed by atoms with E-state index >= 15 is 0 Å². The van der Waals surface area contributed by atoms with Gasteiger partial charge in [-0.05, 0) is 41.7 Å². The summed E-state index contributed by atoms with van der Waals surface area (Å²) in [5, 5.41) is 3.49. The van der Waals surface area contributed by atoms with E-state index in [0.29, 0.717) is 43.2 Å². The van der Waals surface area contributed by atoms with Crippen molar-refractivity contribution in [2.45, 2.75) is 36.9 Å². The highest BCUT2D eigenvalue weighted by molar-refractivity contribution is 5.98. The number of benzene rings is 3. The normalized spacial score (nSPS) is 17.1. The molecule has 46 heavy (non-hydrogen) atoms. The number of aromatic amines is 2. The summed E-state index contributed by atoms with van der Waals surface area (Å²) in [6, 6.07) is 28.6. The van der Waals surface area contributed by atoms with E-state index in [9.17, 15) is 14.4 Å². The number of nitrogens with one attached hydrogen (secondary N) is 3. The molecule has 1 aliphatic heterocycles. The minimum absolute atomic E-state index is 0.103. The Labute approximate surface area is 265 Å². The third-order valence-corrected chi connectivity index (χ3v) is 8.37. The summed E-state index contributed by atoms with van der Waals surface area (Å²) in [4.78, 5) is 50.5.